The predicted molar refractivity (Wildman–Crippen MR) is 46.5 cm³/mol. The largest absolute Gasteiger partial charge is 0.322 e. The first-order chi connectivity index (χ1) is 5.86. The molecule has 1 N–H and O–H groups in total. The van der Waals surface area contributed by atoms with Crippen LogP contribution in [0.25, 0.3) is 0 Å². The molecule has 4 nitrogen and oxygen atoms in total. The third-order valence-corrected chi connectivity index (χ3v) is 1.09. The summed E-state index contributed by atoms with van der Waals surface area (Å²) in [6.45, 7) is 3.16. The second kappa shape index (κ2) is 4.17. The number of aliphatic imine (C=N–C) groups is 1. The number of hydrogen-bond donors (Lipinski definition) is 1. The highest BCUT2D eigenvalue weighted by Gasteiger charge is 1.94. The minimum absolute atomic E-state index is 0. The van der Waals surface area contributed by atoms with Crippen LogP contribution in [0.4, 0.5) is 10.2 Å². The van der Waals surface area contributed by atoms with Gasteiger partial charge in [0.2, 0.25) is 0 Å². The Balaban J connectivity index is 0.00000144. The van der Waals surface area contributed by atoms with E-state index in [2.05, 4.69) is 27.0 Å². The van der Waals surface area contributed by atoms with E-state index in [4.69, 9.17) is 0 Å². The molecular formula is C7H9FN4. The van der Waals surface area contributed by atoms with E-state index in [0.717, 1.165) is 0 Å². The van der Waals surface area contributed by atoms with Gasteiger partial charge in [-0.1, -0.05) is 0 Å². The van der Waals surface area contributed by atoms with Crippen LogP contribution in [0.2, 0.25) is 0 Å². The second-order valence-electron chi connectivity index (χ2n) is 1.87. The van der Waals surface area contributed by atoms with Crippen LogP contribution in [-0.4, -0.2) is 16.7 Å². The van der Waals surface area contributed by atoms with E-state index in [1.165, 1.54) is 18.6 Å². The molecule has 0 atom stereocenters. The summed E-state index contributed by atoms with van der Waals surface area (Å²) in [5.41, 5.74) is 0. The summed E-state index contributed by atoms with van der Waals surface area (Å²) < 4.78 is 11.9. The normalized spacial score (nSPS) is 10.9. The van der Waals surface area contributed by atoms with E-state index in [0.29, 0.717) is 12.1 Å². The summed E-state index contributed by atoms with van der Waals surface area (Å²) in [6, 6.07) is 0. The van der Waals surface area contributed by atoms with Crippen LogP contribution >= 0.6 is 0 Å². The number of hydrogen-bond acceptors (Lipinski definition) is 4. The fourth-order valence-electron chi connectivity index (χ4n) is 0.596. The first-order valence-electron chi connectivity index (χ1n) is 3.17. The van der Waals surface area contributed by atoms with E-state index in [9.17, 15) is 4.39 Å². The van der Waals surface area contributed by atoms with E-state index < -0.39 is 0 Å². The summed E-state index contributed by atoms with van der Waals surface area (Å²) in [5.74, 6) is 0.435. The molecule has 0 saturated carbocycles. The van der Waals surface area contributed by atoms with E-state index in [-0.39, 0.29) is 7.25 Å². The van der Waals surface area contributed by atoms with E-state index in [1.807, 2.05) is 0 Å². The lowest BCUT2D eigenvalue weighted by Gasteiger charge is -2.01. The van der Waals surface area contributed by atoms with Crippen molar-refractivity contribution in [1.29, 1.82) is 0 Å². The SMILES string of the molecule is C=N/C(=C/F)Nc1cnccn1.[HH]. The van der Waals surface area contributed by atoms with Gasteiger partial charge in [0.25, 0.3) is 0 Å². The molecular weight excluding hydrogens is 159 g/mol. The third-order valence-electron chi connectivity index (χ3n) is 1.09. The Hall–Kier alpha value is -1.78. The lowest BCUT2D eigenvalue weighted by molar-refractivity contribution is 0.708. The monoisotopic (exact) mass is 168 g/mol. The molecule has 64 valence electrons. The van der Waals surface area contributed by atoms with Crippen molar-refractivity contribution in [1.82, 2.24) is 9.97 Å². The molecule has 0 unspecified atom stereocenters. The van der Waals surface area contributed by atoms with Gasteiger partial charge >= 0.3 is 0 Å². The lowest BCUT2D eigenvalue weighted by Crippen LogP contribution is -1.98. The van der Waals surface area contributed by atoms with Crippen molar-refractivity contribution >= 4 is 12.5 Å². The Kier molecular flexibility index (Phi) is 2.89. The fourth-order valence-corrected chi connectivity index (χ4v) is 0.596. The summed E-state index contributed by atoms with van der Waals surface area (Å²) in [6.07, 6.45) is 4.77. The number of aromatic nitrogens is 2. The van der Waals surface area contributed by atoms with Crippen LogP contribution in [0.1, 0.15) is 1.43 Å². The van der Waals surface area contributed by atoms with Crippen molar-refractivity contribution in [2.75, 3.05) is 5.32 Å². The summed E-state index contributed by atoms with van der Waals surface area (Å²) >= 11 is 0. The van der Waals surface area contributed by atoms with E-state index in [1.54, 1.807) is 0 Å². The average molecular weight is 168 g/mol. The zero-order valence-corrected chi connectivity index (χ0v) is 6.24. The highest BCUT2D eigenvalue weighted by Crippen LogP contribution is 2.03. The molecule has 0 aliphatic carbocycles. The van der Waals surface area contributed by atoms with Crippen molar-refractivity contribution in [3.05, 3.63) is 30.7 Å². The van der Waals surface area contributed by atoms with Gasteiger partial charge in [-0.2, -0.15) is 0 Å². The first kappa shape index (κ1) is 8.32. The Labute approximate surface area is 70.4 Å². The van der Waals surface area contributed by atoms with Gasteiger partial charge in [-0.3, -0.25) is 4.98 Å². The summed E-state index contributed by atoms with van der Waals surface area (Å²) in [4.78, 5) is 11.0. The lowest BCUT2D eigenvalue weighted by atomic mass is 10.6. The Morgan fingerprint density at radius 1 is 1.75 bits per heavy atom. The quantitative estimate of drug-likeness (QED) is 0.697. The molecule has 0 saturated heterocycles. The van der Waals surface area contributed by atoms with Crippen molar-refractivity contribution in [2.24, 2.45) is 4.99 Å². The maximum absolute atomic E-state index is 11.9. The molecule has 0 spiro atoms. The van der Waals surface area contributed by atoms with Crippen LogP contribution in [0.15, 0.2) is 35.7 Å². The van der Waals surface area contributed by atoms with Crippen molar-refractivity contribution in [3.8, 4) is 0 Å². The van der Waals surface area contributed by atoms with Gasteiger partial charge in [0, 0.05) is 13.8 Å². The van der Waals surface area contributed by atoms with Crippen LogP contribution < -0.4 is 5.32 Å². The average Bonchev–Trinajstić information content (AvgIpc) is 2.16. The van der Waals surface area contributed by atoms with Gasteiger partial charge in [-0.25, -0.2) is 14.4 Å². The fraction of sp³-hybridized carbons (Fsp3) is 0. The predicted octanol–water partition coefficient (Wildman–Crippen LogP) is 1.60. The number of nitrogens with one attached hydrogen (secondary N) is 1. The van der Waals surface area contributed by atoms with Gasteiger partial charge in [0.15, 0.2) is 5.82 Å². The van der Waals surface area contributed by atoms with Gasteiger partial charge in [0.1, 0.15) is 12.1 Å². The topological polar surface area (TPSA) is 50.2 Å². The smallest absolute Gasteiger partial charge is 0.159 e. The zero-order valence-electron chi connectivity index (χ0n) is 6.24. The molecule has 12 heavy (non-hydrogen) atoms. The zero-order chi connectivity index (χ0) is 8.81. The van der Waals surface area contributed by atoms with Crippen LogP contribution in [0.3, 0.4) is 0 Å². The van der Waals surface area contributed by atoms with E-state index >= 15 is 0 Å². The van der Waals surface area contributed by atoms with Crippen molar-refractivity contribution < 1.29 is 5.82 Å². The Bertz CT molecular complexity index is 288. The second-order valence-corrected chi connectivity index (χ2v) is 1.87. The third kappa shape index (κ3) is 2.12. The highest BCUT2D eigenvalue weighted by atomic mass is 19.1. The molecule has 0 aliphatic heterocycles. The van der Waals surface area contributed by atoms with Crippen LogP contribution in [0, 0.1) is 0 Å². The minimum atomic E-state index is 0. The molecule has 1 heterocycles. The molecule has 0 aromatic carbocycles. The summed E-state index contributed by atoms with van der Waals surface area (Å²) in [7, 11) is 0. The molecule has 1 aromatic rings. The maximum Gasteiger partial charge on any atom is 0.159 e. The molecule has 0 aliphatic rings. The number of nitrogens with zero attached hydrogens (tertiary/aromatic N) is 3. The van der Waals surface area contributed by atoms with Gasteiger partial charge in [-0.05, 0) is 6.72 Å². The molecule has 0 bridgehead atoms. The minimum Gasteiger partial charge on any atom is -0.322 e. The first-order valence-corrected chi connectivity index (χ1v) is 3.17. The molecule has 0 fully saturated rings. The molecule has 5 heteroatoms. The molecule has 0 amide bonds. The maximum atomic E-state index is 11.9. The van der Waals surface area contributed by atoms with Gasteiger partial charge in [0.05, 0.1) is 6.20 Å². The molecule has 1 rings (SSSR count). The number of halogens is 1. The Morgan fingerprint density at radius 2 is 2.58 bits per heavy atom. The van der Waals surface area contributed by atoms with Crippen LogP contribution in [0.5, 0.6) is 0 Å². The van der Waals surface area contributed by atoms with Crippen LogP contribution in [-0.2, 0) is 0 Å². The van der Waals surface area contributed by atoms with Crippen molar-refractivity contribution in [3.63, 3.8) is 0 Å². The standard InChI is InChI=1S/C7H7FN4.H2/c1-9-6(4-8)12-7-5-10-2-3-11-7;/h2-5H,1H2,(H,11,12);1H/b6-4-;. The highest BCUT2D eigenvalue weighted by molar-refractivity contribution is 5.41. The number of rotatable bonds is 3. The number of anilines is 1. The molecule has 1 aromatic heterocycles. The summed E-state index contributed by atoms with van der Waals surface area (Å²) in [5, 5.41) is 2.56. The Morgan fingerprint density at radius 3 is 3.08 bits per heavy atom. The molecule has 0 radical (unpaired) electrons. The van der Waals surface area contributed by atoms with Crippen molar-refractivity contribution in [2.45, 2.75) is 0 Å². The van der Waals surface area contributed by atoms with Gasteiger partial charge < -0.3 is 5.32 Å². The van der Waals surface area contributed by atoms with Gasteiger partial charge in [-0.15, -0.1) is 0 Å².